The molecule has 4 aliphatic rings. The van der Waals surface area contributed by atoms with E-state index < -0.39 is 0 Å². The number of hydrogen-bond acceptors (Lipinski definition) is 2. The Balaban J connectivity index is 0.000000750. The standard InChI is InChI=1S/C11H16OS.Na/c12-10(13)11-4-7-1-8(5-11)3-9(2-7)6-11;/h7-9H,1-6H2,(H,12,13);/q;+1/p-1. The molecule has 0 aliphatic heterocycles. The maximum Gasteiger partial charge on any atom is 1.00 e. The summed E-state index contributed by atoms with van der Waals surface area (Å²) in [6.45, 7) is 0. The summed E-state index contributed by atoms with van der Waals surface area (Å²) < 4.78 is 0. The molecule has 4 saturated carbocycles. The number of thiocarbonyl (C=S) groups is 1. The summed E-state index contributed by atoms with van der Waals surface area (Å²) in [4.78, 5) is 0. The van der Waals surface area contributed by atoms with Gasteiger partial charge in [-0.2, -0.15) is 0 Å². The minimum absolute atomic E-state index is 0. The van der Waals surface area contributed by atoms with E-state index in [1.165, 1.54) is 19.3 Å². The molecular formula is C11H15NaOS. The first-order valence-electron chi connectivity index (χ1n) is 5.39. The fourth-order valence-corrected chi connectivity index (χ4v) is 4.61. The Labute approximate surface area is 113 Å². The maximum atomic E-state index is 11.5. The molecule has 4 aliphatic carbocycles. The molecule has 1 nitrogen and oxygen atoms in total. The van der Waals surface area contributed by atoms with E-state index in [0.29, 0.717) is 0 Å². The average Bonchev–Trinajstić information content (AvgIpc) is 2.00. The zero-order valence-electron chi connectivity index (χ0n) is 8.79. The van der Waals surface area contributed by atoms with Crippen molar-refractivity contribution in [2.75, 3.05) is 0 Å². The van der Waals surface area contributed by atoms with Crippen LogP contribution in [0.4, 0.5) is 0 Å². The van der Waals surface area contributed by atoms with E-state index in [2.05, 4.69) is 0 Å². The molecule has 4 bridgehead atoms. The van der Waals surface area contributed by atoms with Crippen LogP contribution in [0.5, 0.6) is 0 Å². The molecule has 0 aromatic carbocycles. The van der Waals surface area contributed by atoms with Crippen molar-refractivity contribution in [3.63, 3.8) is 0 Å². The van der Waals surface area contributed by atoms with Gasteiger partial charge in [0.05, 0.1) is 0 Å². The molecule has 4 rings (SSSR count). The quantitative estimate of drug-likeness (QED) is 0.412. The predicted octanol–water partition coefficient (Wildman–Crippen LogP) is -1.11. The smallest absolute Gasteiger partial charge is 0.867 e. The van der Waals surface area contributed by atoms with E-state index in [9.17, 15) is 5.11 Å². The van der Waals surface area contributed by atoms with Crippen molar-refractivity contribution in [3.8, 4) is 0 Å². The first kappa shape index (κ1) is 11.4. The van der Waals surface area contributed by atoms with Gasteiger partial charge < -0.3 is 5.11 Å². The van der Waals surface area contributed by atoms with Gasteiger partial charge in [-0.05, 0) is 61.7 Å². The summed E-state index contributed by atoms with van der Waals surface area (Å²) >= 11 is 4.93. The number of hydrogen-bond donors (Lipinski definition) is 0. The second-order valence-electron chi connectivity index (χ2n) is 5.49. The zero-order chi connectivity index (χ0) is 9.05. The Hall–Kier alpha value is 0.890. The minimum Gasteiger partial charge on any atom is -0.867 e. The Morgan fingerprint density at radius 1 is 1.00 bits per heavy atom. The second kappa shape index (κ2) is 3.73. The van der Waals surface area contributed by atoms with Crippen molar-refractivity contribution in [2.24, 2.45) is 23.2 Å². The summed E-state index contributed by atoms with van der Waals surface area (Å²) in [5.74, 6) is 2.54. The molecule has 0 aromatic heterocycles. The molecule has 4 fully saturated rings. The Morgan fingerprint density at radius 3 is 1.64 bits per heavy atom. The van der Waals surface area contributed by atoms with Gasteiger partial charge in [-0.25, -0.2) is 0 Å². The molecule has 3 heteroatoms. The largest absolute Gasteiger partial charge is 1.00 e. The molecule has 0 amide bonds. The first-order valence-corrected chi connectivity index (χ1v) is 5.80. The van der Waals surface area contributed by atoms with E-state index in [4.69, 9.17) is 12.2 Å². The summed E-state index contributed by atoms with van der Waals surface area (Å²) in [6, 6.07) is 0. The van der Waals surface area contributed by atoms with Crippen molar-refractivity contribution in [1.29, 1.82) is 0 Å². The maximum absolute atomic E-state index is 11.5. The molecule has 0 heterocycles. The van der Waals surface area contributed by atoms with Crippen LogP contribution in [-0.4, -0.2) is 5.05 Å². The van der Waals surface area contributed by atoms with Crippen LogP contribution in [0.25, 0.3) is 0 Å². The summed E-state index contributed by atoms with van der Waals surface area (Å²) in [7, 11) is 0. The van der Waals surface area contributed by atoms with Crippen molar-refractivity contribution in [1.82, 2.24) is 0 Å². The van der Waals surface area contributed by atoms with Gasteiger partial charge in [-0.15, -0.1) is 12.2 Å². The summed E-state index contributed by atoms with van der Waals surface area (Å²) in [5, 5.41) is 11.6. The monoisotopic (exact) mass is 218 g/mol. The van der Waals surface area contributed by atoms with Crippen LogP contribution < -0.4 is 34.7 Å². The van der Waals surface area contributed by atoms with E-state index in [1.54, 1.807) is 0 Å². The van der Waals surface area contributed by atoms with Gasteiger partial charge in [-0.3, -0.25) is 0 Å². The molecular weight excluding hydrogens is 203 g/mol. The third kappa shape index (κ3) is 1.59. The van der Waals surface area contributed by atoms with Gasteiger partial charge in [0.25, 0.3) is 0 Å². The Kier molecular flexibility index (Phi) is 3.03. The molecule has 72 valence electrons. The minimum atomic E-state index is -0.0237. The van der Waals surface area contributed by atoms with E-state index in [-0.39, 0.29) is 40.0 Å². The number of rotatable bonds is 1. The zero-order valence-corrected chi connectivity index (χ0v) is 11.6. The van der Waals surface area contributed by atoms with Crippen molar-refractivity contribution in [3.05, 3.63) is 0 Å². The van der Waals surface area contributed by atoms with Crippen molar-refractivity contribution >= 4 is 17.3 Å². The molecule has 0 spiro atoms. The van der Waals surface area contributed by atoms with Crippen molar-refractivity contribution < 1.29 is 34.7 Å². The van der Waals surface area contributed by atoms with Crippen LogP contribution in [0.1, 0.15) is 38.5 Å². The fraction of sp³-hybridized carbons (Fsp3) is 0.909. The van der Waals surface area contributed by atoms with Crippen LogP contribution in [0.15, 0.2) is 0 Å². The molecule has 0 N–H and O–H groups in total. The van der Waals surface area contributed by atoms with Gasteiger partial charge >= 0.3 is 29.6 Å². The normalized spacial score (nSPS) is 48.7. The summed E-state index contributed by atoms with van der Waals surface area (Å²) in [5.41, 5.74) is -0.0237. The molecule has 0 radical (unpaired) electrons. The fourth-order valence-electron chi connectivity index (χ4n) is 4.36. The SMILES string of the molecule is [Na+].[O-]C(=S)C12CC3CC(CC(C3)C1)C2. The molecule has 0 unspecified atom stereocenters. The van der Waals surface area contributed by atoms with Crippen molar-refractivity contribution in [2.45, 2.75) is 38.5 Å². The van der Waals surface area contributed by atoms with Gasteiger partial charge in [-0.1, -0.05) is 5.05 Å². The van der Waals surface area contributed by atoms with Crippen LogP contribution >= 0.6 is 12.2 Å². The molecule has 0 atom stereocenters. The summed E-state index contributed by atoms with van der Waals surface area (Å²) in [6.07, 6.45) is 7.55. The van der Waals surface area contributed by atoms with Gasteiger partial charge in [0, 0.05) is 0 Å². The molecule has 0 saturated heterocycles. The van der Waals surface area contributed by atoms with Crippen LogP contribution in [-0.2, 0) is 0 Å². The first-order chi connectivity index (χ1) is 6.18. The topological polar surface area (TPSA) is 23.1 Å². The van der Waals surface area contributed by atoms with Gasteiger partial charge in [0.2, 0.25) is 0 Å². The Morgan fingerprint density at radius 2 is 1.36 bits per heavy atom. The van der Waals surface area contributed by atoms with Crippen LogP contribution in [0.3, 0.4) is 0 Å². The average molecular weight is 218 g/mol. The molecule has 0 aromatic rings. The van der Waals surface area contributed by atoms with Gasteiger partial charge in [0.15, 0.2) is 0 Å². The van der Waals surface area contributed by atoms with E-state index in [1.807, 2.05) is 0 Å². The predicted molar refractivity (Wildman–Crippen MR) is 53.2 cm³/mol. The second-order valence-corrected chi connectivity index (χ2v) is 5.86. The Bertz CT molecular complexity index is 229. The molecule has 14 heavy (non-hydrogen) atoms. The van der Waals surface area contributed by atoms with Gasteiger partial charge in [0.1, 0.15) is 0 Å². The van der Waals surface area contributed by atoms with E-state index in [0.717, 1.165) is 37.0 Å². The third-order valence-electron chi connectivity index (χ3n) is 4.47. The van der Waals surface area contributed by atoms with Crippen LogP contribution in [0.2, 0.25) is 0 Å². The van der Waals surface area contributed by atoms with E-state index >= 15 is 0 Å². The van der Waals surface area contributed by atoms with Crippen LogP contribution in [0, 0.1) is 23.2 Å². The third-order valence-corrected chi connectivity index (χ3v) is 4.90.